The molecular formula is C30H38N10O3. The molecule has 2 aliphatic heterocycles. The molecule has 3 aromatic heterocycles. The molecule has 226 valence electrons. The van der Waals surface area contributed by atoms with Gasteiger partial charge in [-0.05, 0) is 32.7 Å². The predicted octanol–water partition coefficient (Wildman–Crippen LogP) is 1.11. The topological polar surface area (TPSA) is 136 Å². The summed E-state index contributed by atoms with van der Waals surface area (Å²) in [6, 6.07) is 10.3. The standard InChI is InChI=1S/C30H38N10O3/c1-3-4-15-39-24-26(33-28(39)38-14-8-12-23(31)21-38)35(2)30(42)40(27(24)41)16-9-13-36-17-19-37(20-18-36)29-32-25(34-43-29)22-10-6-5-7-11-22/h5-7,10-11,23H,8-9,12-21,31H2,1-2H3/t23-/m1/s1. The van der Waals surface area contributed by atoms with E-state index in [1.807, 2.05) is 34.9 Å². The number of fused-ring (bicyclic) bond motifs is 1. The van der Waals surface area contributed by atoms with E-state index in [2.05, 4.69) is 36.7 Å². The first kappa shape index (κ1) is 28.7. The van der Waals surface area contributed by atoms with Crippen molar-refractivity contribution in [1.29, 1.82) is 0 Å². The van der Waals surface area contributed by atoms with E-state index in [4.69, 9.17) is 15.2 Å². The number of piperazine rings is 1. The second-order valence-electron chi connectivity index (χ2n) is 11.2. The zero-order valence-corrected chi connectivity index (χ0v) is 24.8. The van der Waals surface area contributed by atoms with Gasteiger partial charge in [0.15, 0.2) is 11.2 Å². The van der Waals surface area contributed by atoms with Crippen molar-refractivity contribution in [1.82, 2.24) is 33.7 Å². The summed E-state index contributed by atoms with van der Waals surface area (Å²) >= 11 is 0. The van der Waals surface area contributed by atoms with Gasteiger partial charge in [0.25, 0.3) is 5.56 Å². The van der Waals surface area contributed by atoms with Gasteiger partial charge in [0, 0.05) is 64.5 Å². The van der Waals surface area contributed by atoms with Gasteiger partial charge in [-0.25, -0.2) is 4.79 Å². The van der Waals surface area contributed by atoms with Crippen LogP contribution >= 0.6 is 0 Å². The molecule has 6 rings (SSSR count). The molecule has 2 saturated heterocycles. The van der Waals surface area contributed by atoms with E-state index in [0.717, 1.165) is 57.7 Å². The second kappa shape index (κ2) is 12.4. The number of imidazole rings is 1. The zero-order chi connectivity index (χ0) is 29.9. The third-order valence-electron chi connectivity index (χ3n) is 8.31. The SMILES string of the molecule is CC#CCn1c(N2CCC[C@@H](N)C2)nc2c1c(=O)n(CCCN1CCN(c3nc(-c4ccccc4)no3)CC1)c(=O)n2C. The van der Waals surface area contributed by atoms with Crippen LogP contribution in [0.15, 0.2) is 44.4 Å². The van der Waals surface area contributed by atoms with Crippen LogP contribution in [-0.4, -0.2) is 85.6 Å². The molecule has 2 fully saturated rings. The van der Waals surface area contributed by atoms with Crippen molar-refractivity contribution >= 4 is 23.1 Å². The molecule has 13 heteroatoms. The lowest BCUT2D eigenvalue weighted by Gasteiger charge is -2.33. The maximum Gasteiger partial charge on any atom is 0.332 e. The fourth-order valence-corrected chi connectivity index (χ4v) is 5.96. The Kier molecular flexibility index (Phi) is 8.31. The molecule has 0 saturated carbocycles. The molecule has 5 heterocycles. The number of aryl methyl sites for hydroxylation is 1. The highest BCUT2D eigenvalue weighted by molar-refractivity contribution is 5.75. The number of aromatic nitrogens is 6. The molecular weight excluding hydrogens is 548 g/mol. The van der Waals surface area contributed by atoms with E-state index in [-0.39, 0.29) is 17.3 Å². The van der Waals surface area contributed by atoms with E-state index in [0.29, 0.717) is 55.0 Å². The zero-order valence-electron chi connectivity index (χ0n) is 24.8. The van der Waals surface area contributed by atoms with E-state index < -0.39 is 0 Å². The molecule has 13 nitrogen and oxygen atoms in total. The number of hydrogen-bond donors (Lipinski definition) is 1. The number of hydrogen-bond acceptors (Lipinski definition) is 10. The lowest BCUT2D eigenvalue weighted by molar-refractivity contribution is 0.242. The van der Waals surface area contributed by atoms with Crippen LogP contribution in [0, 0.1) is 11.8 Å². The number of nitrogens with zero attached hydrogens (tertiary/aromatic N) is 9. The summed E-state index contributed by atoms with van der Waals surface area (Å²) in [5, 5.41) is 4.14. The van der Waals surface area contributed by atoms with Gasteiger partial charge in [0.2, 0.25) is 11.8 Å². The average molecular weight is 587 g/mol. The normalized spacial score (nSPS) is 17.8. The fourth-order valence-electron chi connectivity index (χ4n) is 5.96. The molecule has 0 radical (unpaired) electrons. The largest absolute Gasteiger partial charge is 0.341 e. The highest BCUT2D eigenvalue weighted by Gasteiger charge is 2.26. The van der Waals surface area contributed by atoms with Crippen molar-refractivity contribution in [2.45, 2.75) is 45.3 Å². The third-order valence-corrected chi connectivity index (χ3v) is 8.31. The number of rotatable bonds is 8. The summed E-state index contributed by atoms with van der Waals surface area (Å²) < 4.78 is 10.2. The van der Waals surface area contributed by atoms with Crippen LogP contribution in [0.5, 0.6) is 0 Å². The number of nitrogens with two attached hydrogens (primary N) is 1. The van der Waals surface area contributed by atoms with E-state index in [1.165, 1.54) is 9.13 Å². The van der Waals surface area contributed by atoms with Gasteiger partial charge >= 0.3 is 11.7 Å². The molecule has 43 heavy (non-hydrogen) atoms. The first-order chi connectivity index (χ1) is 20.9. The van der Waals surface area contributed by atoms with E-state index >= 15 is 0 Å². The monoisotopic (exact) mass is 586 g/mol. The predicted molar refractivity (Wildman–Crippen MR) is 165 cm³/mol. The van der Waals surface area contributed by atoms with Gasteiger partial charge in [-0.2, -0.15) is 9.97 Å². The van der Waals surface area contributed by atoms with Crippen molar-refractivity contribution in [3.63, 3.8) is 0 Å². The Labute approximate surface area is 249 Å². The van der Waals surface area contributed by atoms with Crippen molar-refractivity contribution in [2.75, 3.05) is 55.6 Å². The van der Waals surface area contributed by atoms with Crippen LogP contribution in [0.25, 0.3) is 22.6 Å². The number of benzene rings is 1. The molecule has 0 spiro atoms. The number of piperidine rings is 1. The summed E-state index contributed by atoms with van der Waals surface area (Å²) in [6.07, 6.45) is 2.57. The van der Waals surface area contributed by atoms with E-state index in [9.17, 15) is 9.59 Å². The Hall–Kier alpha value is -4.41. The molecule has 4 aromatic rings. The van der Waals surface area contributed by atoms with Gasteiger partial charge < -0.3 is 20.1 Å². The maximum atomic E-state index is 13.8. The van der Waals surface area contributed by atoms with Crippen molar-refractivity contribution in [3.05, 3.63) is 51.2 Å². The minimum atomic E-state index is -0.360. The van der Waals surface area contributed by atoms with Gasteiger partial charge in [-0.1, -0.05) is 41.4 Å². The van der Waals surface area contributed by atoms with Crippen molar-refractivity contribution < 1.29 is 4.52 Å². The molecule has 2 N–H and O–H groups in total. The maximum absolute atomic E-state index is 13.8. The summed E-state index contributed by atoms with van der Waals surface area (Å²) in [4.78, 5) is 43.0. The van der Waals surface area contributed by atoms with Crippen LogP contribution < -0.4 is 26.8 Å². The van der Waals surface area contributed by atoms with Crippen molar-refractivity contribution in [3.8, 4) is 23.2 Å². The quantitative estimate of drug-likeness (QED) is 0.299. The Bertz CT molecular complexity index is 1750. The first-order valence-electron chi connectivity index (χ1n) is 14.9. The Balaban J connectivity index is 1.14. The molecule has 1 aromatic carbocycles. The third kappa shape index (κ3) is 5.80. The minimum absolute atomic E-state index is 0.0420. The molecule has 2 aliphatic rings. The Morgan fingerprint density at radius 3 is 2.53 bits per heavy atom. The summed E-state index contributed by atoms with van der Waals surface area (Å²) in [5.41, 5.74) is 7.26. The van der Waals surface area contributed by atoms with E-state index in [1.54, 1.807) is 14.0 Å². The summed E-state index contributed by atoms with van der Waals surface area (Å²) in [5.74, 6) is 7.23. The minimum Gasteiger partial charge on any atom is -0.341 e. The van der Waals surface area contributed by atoms with Gasteiger partial charge in [0.05, 0.1) is 6.54 Å². The molecule has 0 bridgehead atoms. The molecule has 0 aliphatic carbocycles. The van der Waals surface area contributed by atoms with Crippen molar-refractivity contribution in [2.24, 2.45) is 12.8 Å². The highest BCUT2D eigenvalue weighted by atomic mass is 16.5. The Morgan fingerprint density at radius 2 is 1.79 bits per heavy atom. The van der Waals surface area contributed by atoms with Gasteiger partial charge in [-0.3, -0.25) is 23.4 Å². The summed E-state index contributed by atoms with van der Waals surface area (Å²) in [7, 11) is 1.68. The lowest BCUT2D eigenvalue weighted by Crippen LogP contribution is -2.47. The van der Waals surface area contributed by atoms with Crippen LogP contribution in [0.1, 0.15) is 26.2 Å². The lowest BCUT2D eigenvalue weighted by atomic mass is 10.1. The molecule has 1 atom stereocenters. The smallest absolute Gasteiger partial charge is 0.332 e. The fraction of sp³-hybridized carbons (Fsp3) is 0.500. The Morgan fingerprint density at radius 1 is 1.00 bits per heavy atom. The van der Waals surface area contributed by atoms with Crippen LogP contribution in [0.2, 0.25) is 0 Å². The van der Waals surface area contributed by atoms with Crippen LogP contribution in [0.4, 0.5) is 12.0 Å². The molecule has 0 unspecified atom stereocenters. The average Bonchev–Trinajstić information content (AvgIpc) is 3.68. The number of anilines is 2. The van der Waals surface area contributed by atoms with Crippen LogP contribution in [0.3, 0.4) is 0 Å². The first-order valence-corrected chi connectivity index (χ1v) is 14.9. The molecule has 0 amide bonds. The second-order valence-corrected chi connectivity index (χ2v) is 11.2. The van der Waals surface area contributed by atoms with Crippen LogP contribution in [-0.2, 0) is 20.1 Å². The summed E-state index contributed by atoms with van der Waals surface area (Å²) in [6.45, 7) is 7.77. The van der Waals surface area contributed by atoms with Gasteiger partial charge in [0.1, 0.15) is 0 Å². The van der Waals surface area contributed by atoms with Gasteiger partial charge in [-0.15, -0.1) is 5.92 Å². The highest BCUT2D eigenvalue weighted by Crippen LogP contribution is 2.23.